The van der Waals surface area contributed by atoms with Crippen LogP contribution in [0.5, 0.6) is 0 Å². The minimum absolute atomic E-state index is 0.00617. The molecule has 0 amide bonds. The molecule has 11 heavy (non-hydrogen) atoms. The van der Waals surface area contributed by atoms with Crippen LogP contribution in [0.3, 0.4) is 0 Å². The molecule has 0 N–H and O–H groups in total. The predicted octanol–water partition coefficient (Wildman–Crippen LogP) is 2.71. The molecule has 0 saturated heterocycles. The van der Waals surface area contributed by atoms with E-state index < -0.39 is 0 Å². The molecule has 1 rings (SSSR count). The summed E-state index contributed by atoms with van der Waals surface area (Å²) in [7, 11) is 0.939. The number of rotatable bonds is 1. The molecule has 0 spiro atoms. The SMILES string of the molecule is Cc1ccc(C(=O)SS)cc1. The minimum Gasteiger partial charge on any atom is -0.281 e. The van der Waals surface area contributed by atoms with Crippen molar-refractivity contribution in [1.82, 2.24) is 0 Å². The van der Waals surface area contributed by atoms with E-state index in [9.17, 15) is 4.79 Å². The molecule has 1 aromatic carbocycles. The summed E-state index contributed by atoms with van der Waals surface area (Å²) >= 11 is 3.82. The Morgan fingerprint density at radius 3 is 2.36 bits per heavy atom. The highest BCUT2D eigenvalue weighted by molar-refractivity contribution is 8.75. The van der Waals surface area contributed by atoms with Crippen molar-refractivity contribution >= 4 is 27.6 Å². The number of carbonyl (C=O) groups is 1. The zero-order chi connectivity index (χ0) is 8.27. The Morgan fingerprint density at radius 1 is 1.36 bits per heavy atom. The largest absolute Gasteiger partial charge is 0.281 e. The maximum atomic E-state index is 11.0. The third-order valence-corrected chi connectivity index (χ3v) is 2.27. The molecule has 0 atom stereocenters. The zero-order valence-corrected chi connectivity index (χ0v) is 7.78. The molecule has 1 nitrogen and oxygen atoms in total. The Balaban J connectivity index is 2.90. The van der Waals surface area contributed by atoms with E-state index in [4.69, 9.17) is 0 Å². The second-order valence-corrected chi connectivity index (χ2v) is 3.35. The van der Waals surface area contributed by atoms with Crippen LogP contribution in [0, 0.1) is 6.92 Å². The van der Waals surface area contributed by atoms with Gasteiger partial charge >= 0.3 is 0 Å². The molecule has 0 radical (unpaired) electrons. The lowest BCUT2D eigenvalue weighted by atomic mass is 10.2. The average Bonchev–Trinajstić information content (AvgIpc) is 2.05. The Labute approximate surface area is 75.0 Å². The van der Waals surface area contributed by atoms with Crippen LogP contribution in [-0.2, 0) is 0 Å². The fourth-order valence-electron chi connectivity index (χ4n) is 0.742. The molecule has 0 saturated carbocycles. The lowest BCUT2D eigenvalue weighted by molar-refractivity contribution is 0.109. The van der Waals surface area contributed by atoms with E-state index in [2.05, 4.69) is 11.7 Å². The van der Waals surface area contributed by atoms with Crippen LogP contribution >= 0.6 is 22.5 Å². The third kappa shape index (κ3) is 2.27. The topological polar surface area (TPSA) is 17.1 Å². The fraction of sp³-hybridized carbons (Fsp3) is 0.125. The average molecular weight is 184 g/mol. The number of hydrogen-bond acceptors (Lipinski definition) is 3. The number of aryl methyl sites for hydroxylation is 1. The minimum atomic E-state index is -0.00617. The first kappa shape index (κ1) is 8.68. The van der Waals surface area contributed by atoms with Gasteiger partial charge in [-0.3, -0.25) is 4.79 Å². The molecule has 0 aliphatic heterocycles. The first-order chi connectivity index (χ1) is 5.24. The number of hydrogen-bond donors (Lipinski definition) is 1. The standard InChI is InChI=1S/C8H8OS2/c1-6-2-4-7(5-3-6)8(9)11-10/h2-5,10H,1H3. The molecule has 0 aliphatic carbocycles. The summed E-state index contributed by atoms with van der Waals surface area (Å²) in [5.41, 5.74) is 1.86. The van der Waals surface area contributed by atoms with Crippen LogP contribution < -0.4 is 0 Å². The first-order valence-electron chi connectivity index (χ1n) is 3.16. The van der Waals surface area contributed by atoms with Gasteiger partial charge in [0.2, 0.25) is 5.12 Å². The van der Waals surface area contributed by atoms with Gasteiger partial charge in [0.25, 0.3) is 0 Å². The van der Waals surface area contributed by atoms with Gasteiger partial charge in [-0.05, 0) is 17.7 Å². The Bertz CT molecular complexity index is 253. The van der Waals surface area contributed by atoms with Crippen LogP contribution in [0.1, 0.15) is 15.9 Å². The molecule has 0 heterocycles. The van der Waals surface area contributed by atoms with Crippen LogP contribution in [0.2, 0.25) is 0 Å². The molecule has 0 unspecified atom stereocenters. The van der Waals surface area contributed by atoms with Crippen molar-refractivity contribution in [2.45, 2.75) is 6.92 Å². The predicted molar refractivity (Wildman–Crippen MR) is 52.1 cm³/mol. The molecule has 0 fully saturated rings. The van der Waals surface area contributed by atoms with E-state index in [0.717, 1.165) is 16.4 Å². The summed E-state index contributed by atoms with van der Waals surface area (Å²) in [5, 5.41) is -0.00617. The van der Waals surface area contributed by atoms with Gasteiger partial charge in [-0.25, -0.2) is 0 Å². The van der Waals surface area contributed by atoms with Crippen LogP contribution in [0.4, 0.5) is 0 Å². The second-order valence-electron chi connectivity index (χ2n) is 2.24. The zero-order valence-electron chi connectivity index (χ0n) is 6.07. The Kier molecular flexibility index (Phi) is 3.02. The van der Waals surface area contributed by atoms with Crippen LogP contribution in [0.15, 0.2) is 24.3 Å². The van der Waals surface area contributed by atoms with Crippen molar-refractivity contribution in [3.63, 3.8) is 0 Å². The molecular weight excluding hydrogens is 176 g/mol. The van der Waals surface area contributed by atoms with Crippen LogP contribution in [-0.4, -0.2) is 5.12 Å². The van der Waals surface area contributed by atoms with Crippen molar-refractivity contribution in [2.24, 2.45) is 0 Å². The smallest absolute Gasteiger partial charge is 0.229 e. The van der Waals surface area contributed by atoms with Crippen LogP contribution in [0.25, 0.3) is 0 Å². The Hall–Kier alpha value is -0.410. The maximum Gasteiger partial charge on any atom is 0.229 e. The second kappa shape index (κ2) is 3.83. The lowest BCUT2D eigenvalue weighted by Crippen LogP contribution is -1.89. The summed E-state index contributed by atoms with van der Waals surface area (Å²) < 4.78 is 0. The molecule has 0 aromatic heterocycles. The number of carbonyl (C=O) groups excluding carboxylic acids is 1. The normalized spacial score (nSPS) is 9.64. The van der Waals surface area contributed by atoms with E-state index in [0.29, 0.717) is 5.56 Å². The molecule has 58 valence electrons. The summed E-state index contributed by atoms with van der Waals surface area (Å²) in [6.45, 7) is 1.99. The maximum absolute atomic E-state index is 11.0. The first-order valence-corrected chi connectivity index (χ1v) is 5.03. The summed E-state index contributed by atoms with van der Waals surface area (Å²) in [5.74, 6) is 0. The van der Waals surface area contributed by atoms with Crippen molar-refractivity contribution < 1.29 is 4.79 Å². The number of thiol groups is 1. The van der Waals surface area contributed by atoms with E-state index in [1.165, 1.54) is 0 Å². The lowest BCUT2D eigenvalue weighted by Gasteiger charge is -1.95. The van der Waals surface area contributed by atoms with Crippen molar-refractivity contribution in [2.75, 3.05) is 0 Å². The van der Waals surface area contributed by atoms with E-state index in [1.54, 1.807) is 12.1 Å². The van der Waals surface area contributed by atoms with E-state index in [-0.39, 0.29) is 5.12 Å². The molecule has 1 aromatic rings. The fourth-order valence-corrected chi connectivity index (χ4v) is 1.30. The van der Waals surface area contributed by atoms with Gasteiger partial charge in [0.05, 0.1) is 0 Å². The highest BCUT2D eigenvalue weighted by Crippen LogP contribution is 2.15. The van der Waals surface area contributed by atoms with Gasteiger partial charge in [-0.2, -0.15) is 0 Å². The van der Waals surface area contributed by atoms with E-state index >= 15 is 0 Å². The molecule has 3 heteroatoms. The molecule has 0 aliphatic rings. The third-order valence-electron chi connectivity index (χ3n) is 1.37. The molecular formula is C8H8OS2. The van der Waals surface area contributed by atoms with Gasteiger partial charge in [-0.15, -0.1) is 11.7 Å². The van der Waals surface area contributed by atoms with Gasteiger partial charge < -0.3 is 0 Å². The van der Waals surface area contributed by atoms with Crippen molar-refractivity contribution in [1.29, 1.82) is 0 Å². The highest BCUT2D eigenvalue weighted by Gasteiger charge is 2.01. The van der Waals surface area contributed by atoms with Gasteiger partial charge in [0.1, 0.15) is 0 Å². The van der Waals surface area contributed by atoms with Crippen molar-refractivity contribution in [3.8, 4) is 0 Å². The summed E-state index contributed by atoms with van der Waals surface area (Å²) in [4.78, 5) is 11.0. The quantitative estimate of drug-likeness (QED) is 0.534. The van der Waals surface area contributed by atoms with Gasteiger partial charge in [-0.1, -0.05) is 29.8 Å². The highest BCUT2D eigenvalue weighted by atomic mass is 33.1. The van der Waals surface area contributed by atoms with Gasteiger partial charge in [0, 0.05) is 5.56 Å². The molecule has 0 bridgehead atoms. The summed E-state index contributed by atoms with van der Waals surface area (Å²) in [6, 6.07) is 7.44. The summed E-state index contributed by atoms with van der Waals surface area (Å²) in [6.07, 6.45) is 0. The number of benzene rings is 1. The Morgan fingerprint density at radius 2 is 1.91 bits per heavy atom. The van der Waals surface area contributed by atoms with E-state index in [1.807, 2.05) is 19.1 Å². The van der Waals surface area contributed by atoms with Crippen molar-refractivity contribution in [3.05, 3.63) is 35.4 Å². The monoisotopic (exact) mass is 184 g/mol. The van der Waals surface area contributed by atoms with Gasteiger partial charge in [0.15, 0.2) is 0 Å².